The number of piperidine rings is 1. The van der Waals surface area contributed by atoms with Crippen LogP contribution in [-0.2, 0) is 19.1 Å². The van der Waals surface area contributed by atoms with Gasteiger partial charge in [0.15, 0.2) is 0 Å². The fourth-order valence-electron chi connectivity index (χ4n) is 2.99. The third-order valence-corrected chi connectivity index (χ3v) is 4.53. The van der Waals surface area contributed by atoms with E-state index in [0.29, 0.717) is 19.6 Å². The number of ether oxygens (including phenoxy) is 1. The number of nitrogens with one attached hydrogen (secondary N) is 2. The highest BCUT2D eigenvalue weighted by Crippen LogP contribution is 2.19. The van der Waals surface area contributed by atoms with Crippen molar-refractivity contribution in [1.29, 1.82) is 0 Å². The number of rotatable bonds is 5. The van der Waals surface area contributed by atoms with Gasteiger partial charge in [-0.15, -0.1) is 0 Å². The normalized spacial score (nSPS) is 26.3. The van der Waals surface area contributed by atoms with Crippen LogP contribution in [0, 0.1) is 5.92 Å². The van der Waals surface area contributed by atoms with Gasteiger partial charge in [-0.1, -0.05) is 6.92 Å². The fraction of sp³-hybridized carbons (Fsp3) is 0.812. The third kappa shape index (κ3) is 4.67. The summed E-state index contributed by atoms with van der Waals surface area (Å²) in [4.78, 5) is 38.5. The maximum Gasteiger partial charge on any atom is 0.308 e. The van der Waals surface area contributed by atoms with Gasteiger partial charge in [0.25, 0.3) is 0 Å². The van der Waals surface area contributed by atoms with E-state index in [1.54, 1.807) is 4.90 Å². The van der Waals surface area contributed by atoms with Crippen molar-refractivity contribution in [2.24, 2.45) is 5.92 Å². The minimum Gasteiger partial charge on any atom is -0.463 e. The van der Waals surface area contributed by atoms with Gasteiger partial charge < -0.3 is 20.3 Å². The molecule has 2 fully saturated rings. The lowest BCUT2D eigenvalue weighted by molar-refractivity contribution is -0.156. The predicted molar refractivity (Wildman–Crippen MR) is 84.6 cm³/mol. The molecule has 0 radical (unpaired) electrons. The van der Waals surface area contributed by atoms with Crippen molar-refractivity contribution < 1.29 is 19.1 Å². The van der Waals surface area contributed by atoms with E-state index in [4.69, 9.17) is 4.74 Å². The highest BCUT2D eigenvalue weighted by molar-refractivity contribution is 5.92. The Balaban J connectivity index is 2.01. The summed E-state index contributed by atoms with van der Waals surface area (Å²) in [5.74, 6) is -0.841. The van der Waals surface area contributed by atoms with Crippen LogP contribution in [0.5, 0.6) is 0 Å². The van der Waals surface area contributed by atoms with Crippen LogP contribution >= 0.6 is 0 Å². The molecule has 0 aliphatic carbocycles. The Morgan fingerprint density at radius 3 is 2.83 bits per heavy atom. The van der Waals surface area contributed by atoms with Crippen LogP contribution in [0.3, 0.4) is 0 Å². The SMILES string of the molecule is CCC(C)OC(=O)CC1C(=O)NCCN1C(=O)C1CCCNC1. The number of hydrogen-bond acceptors (Lipinski definition) is 5. The van der Waals surface area contributed by atoms with E-state index in [1.807, 2.05) is 13.8 Å². The molecular weight excluding hydrogens is 298 g/mol. The first-order chi connectivity index (χ1) is 11.0. The number of esters is 1. The van der Waals surface area contributed by atoms with Crippen molar-refractivity contribution in [3.8, 4) is 0 Å². The predicted octanol–water partition coefficient (Wildman–Crippen LogP) is 0.0448. The second-order valence-corrected chi connectivity index (χ2v) is 6.29. The molecule has 7 heteroatoms. The summed E-state index contributed by atoms with van der Waals surface area (Å²) in [5, 5.41) is 5.95. The molecule has 2 heterocycles. The fourth-order valence-corrected chi connectivity index (χ4v) is 2.99. The standard InChI is InChI=1S/C16H27N3O4/c1-3-11(2)23-14(20)9-13-15(21)18-7-8-19(13)16(22)12-5-4-6-17-10-12/h11-13,17H,3-10H2,1-2H3,(H,18,21). The lowest BCUT2D eigenvalue weighted by Gasteiger charge is -2.37. The minimum absolute atomic E-state index is 0.0339. The van der Waals surface area contributed by atoms with Gasteiger partial charge in [0.05, 0.1) is 18.4 Å². The molecule has 3 atom stereocenters. The lowest BCUT2D eigenvalue weighted by Crippen LogP contribution is -2.60. The Labute approximate surface area is 137 Å². The minimum atomic E-state index is -0.755. The molecule has 2 N–H and O–H groups in total. The molecule has 0 aromatic carbocycles. The first-order valence-electron chi connectivity index (χ1n) is 8.51. The van der Waals surface area contributed by atoms with Crippen molar-refractivity contribution in [1.82, 2.24) is 15.5 Å². The van der Waals surface area contributed by atoms with E-state index < -0.39 is 12.0 Å². The molecule has 0 aromatic heterocycles. The molecule has 2 aliphatic rings. The summed E-state index contributed by atoms with van der Waals surface area (Å²) in [6.07, 6.45) is 2.24. The van der Waals surface area contributed by atoms with Crippen LogP contribution < -0.4 is 10.6 Å². The summed E-state index contributed by atoms with van der Waals surface area (Å²) in [6.45, 7) is 6.19. The first-order valence-corrected chi connectivity index (χ1v) is 8.51. The average Bonchev–Trinajstić information content (AvgIpc) is 2.56. The summed E-state index contributed by atoms with van der Waals surface area (Å²) in [5.41, 5.74) is 0. The zero-order valence-corrected chi connectivity index (χ0v) is 14.0. The quantitative estimate of drug-likeness (QED) is 0.697. The average molecular weight is 325 g/mol. The Kier molecular flexibility index (Phi) is 6.38. The maximum absolute atomic E-state index is 12.7. The third-order valence-electron chi connectivity index (χ3n) is 4.53. The van der Waals surface area contributed by atoms with Gasteiger partial charge in [-0.25, -0.2) is 0 Å². The second kappa shape index (κ2) is 8.29. The molecule has 0 aromatic rings. The van der Waals surface area contributed by atoms with Crippen molar-refractivity contribution in [3.05, 3.63) is 0 Å². The zero-order valence-electron chi connectivity index (χ0n) is 14.0. The Bertz CT molecular complexity index is 449. The Morgan fingerprint density at radius 2 is 2.17 bits per heavy atom. The number of carbonyl (C=O) groups excluding carboxylic acids is 3. The summed E-state index contributed by atoms with van der Waals surface area (Å²) in [7, 11) is 0. The Morgan fingerprint density at radius 1 is 1.39 bits per heavy atom. The van der Waals surface area contributed by atoms with E-state index in [2.05, 4.69) is 10.6 Å². The number of carbonyl (C=O) groups is 3. The van der Waals surface area contributed by atoms with Gasteiger partial charge in [-0.05, 0) is 32.7 Å². The van der Waals surface area contributed by atoms with Crippen molar-refractivity contribution in [2.45, 2.75) is 51.7 Å². The van der Waals surface area contributed by atoms with Crippen LogP contribution in [0.4, 0.5) is 0 Å². The Hall–Kier alpha value is -1.63. The van der Waals surface area contributed by atoms with E-state index in [0.717, 1.165) is 25.8 Å². The summed E-state index contributed by atoms with van der Waals surface area (Å²) in [6, 6.07) is -0.755. The van der Waals surface area contributed by atoms with Crippen molar-refractivity contribution in [2.75, 3.05) is 26.2 Å². The molecule has 23 heavy (non-hydrogen) atoms. The second-order valence-electron chi connectivity index (χ2n) is 6.29. The van der Waals surface area contributed by atoms with Gasteiger partial charge >= 0.3 is 5.97 Å². The highest BCUT2D eigenvalue weighted by atomic mass is 16.5. The molecule has 3 unspecified atom stereocenters. The number of nitrogens with zero attached hydrogens (tertiary/aromatic N) is 1. The van der Waals surface area contributed by atoms with Gasteiger partial charge in [0.1, 0.15) is 6.04 Å². The molecule has 130 valence electrons. The number of amides is 2. The van der Waals surface area contributed by atoms with Gasteiger partial charge in [-0.2, -0.15) is 0 Å². The van der Waals surface area contributed by atoms with Gasteiger partial charge in [0.2, 0.25) is 11.8 Å². The molecule has 0 saturated carbocycles. The maximum atomic E-state index is 12.7. The van der Waals surface area contributed by atoms with Crippen molar-refractivity contribution >= 4 is 17.8 Å². The molecule has 2 aliphatic heterocycles. The summed E-state index contributed by atoms with van der Waals surface area (Å²) >= 11 is 0. The van der Waals surface area contributed by atoms with E-state index in [9.17, 15) is 14.4 Å². The van der Waals surface area contributed by atoms with Crippen LogP contribution in [-0.4, -0.2) is 61.0 Å². The zero-order chi connectivity index (χ0) is 16.8. The summed E-state index contributed by atoms with van der Waals surface area (Å²) < 4.78 is 5.25. The van der Waals surface area contributed by atoms with E-state index in [1.165, 1.54) is 0 Å². The number of piperazine rings is 1. The first kappa shape index (κ1) is 17.7. The van der Waals surface area contributed by atoms with Crippen LogP contribution in [0.2, 0.25) is 0 Å². The smallest absolute Gasteiger partial charge is 0.308 e. The van der Waals surface area contributed by atoms with Crippen LogP contribution in [0.25, 0.3) is 0 Å². The molecule has 0 bridgehead atoms. The lowest BCUT2D eigenvalue weighted by atomic mass is 9.96. The van der Waals surface area contributed by atoms with E-state index in [-0.39, 0.29) is 30.3 Å². The monoisotopic (exact) mass is 325 g/mol. The van der Waals surface area contributed by atoms with E-state index >= 15 is 0 Å². The number of hydrogen-bond donors (Lipinski definition) is 2. The largest absolute Gasteiger partial charge is 0.463 e. The van der Waals surface area contributed by atoms with Gasteiger partial charge in [0, 0.05) is 19.6 Å². The van der Waals surface area contributed by atoms with Crippen LogP contribution in [0.15, 0.2) is 0 Å². The molecule has 0 spiro atoms. The molecule has 2 saturated heterocycles. The highest BCUT2D eigenvalue weighted by Gasteiger charge is 2.38. The van der Waals surface area contributed by atoms with Crippen molar-refractivity contribution in [3.63, 3.8) is 0 Å². The van der Waals surface area contributed by atoms with Crippen LogP contribution in [0.1, 0.15) is 39.5 Å². The molecular formula is C16H27N3O4. The molecule has 2 rings (SSSR count). The molecule has 7 nitrogen and oxygen atoms in total. The topological polar surface area (TPSA) is 87.7 Å². The molecule has 2 amide bonds. The van der Waals surface area contributed by atoms with Gasteiger partial charge in [-0.3, -0.25) is 14.4 Å².